The van der Waals surface area contributed by atoms with Gasteiger partial charge in [0.2, 0.25) is 5.91 Å². The molecule has 5 heteroatoms. The fraction of sp³-hybridized carbons (Fsp3) is 0.902. The largest absolute Gasteiger partial charge is 0.394 e. The van der Waals surface area contributed by atoms with Crippen molar-refractivity contribution in [2.24, 2.45) is 0 Å². The number of aliphatic hydroxyl groups excluding tert-OH is 3. The summed E-state index contributed by atoms with van der Waals surface area (Å²) >= 11 is 0. The average Bonchev–Trinajstić information content (AvgIpc) is 3.19. The summed E-state index contributed by atoms with van der Waals surface area (Å²) in [6.07, 6.45) is 57.7. The van der Waals surface area contributed by atoms with Crippen LogP contribution in [0, 0.1) is 0 Å². The Bertz CT molecular complexity index is 829. The third kappa shape index (κ3) is 42.4. The van der Waals surface area contributed by atoms with Gasteiger partial charge in [0.25, 0.3) is 0 Å². The second-order valence-electron chi connectivity index (χ2n) is 17.4. The quantitative estimate of drug-likeness (QED) is 0.0365. The Labute approximate surface area is 350 Å². The molecule has 0 heterocycles. The van der Waals surface area contributed by atoms with E-state index in [9.17, 15) is 20.1 Å². The molecule has 0 aromatic heterocycles. The fourth-order valence-electron chi connectivity index (χ4n) is 7.87. The van der Waals surface area contributed by atoms with Crippen LogP contribution in [0.4, 0.5) is 0 Å². The highest BCUT2D eigenvalue weighted by Crippen LogP contribution is 2.16. The Kier molecular flexibility index (Phi) is 45.5. The molecular weight excluding hydrogens is 691 g/mol. The Balaban J connectivity index is 3.62. The number of allylic oxidation sites excluding steroid dienone is 3. The molecule has 5 nitrogen and oxygen atoms in total. The molecule has 0 fully saturated rings. The maximum absolute atomic E-state index is 12.5. The number of unbranched alkanes of at least 4 members (excludes halogenated alkanes) is 35. The summed E-state index contributed by atoms with van der Waals surface area (Å²) in [6.45, 7) is 4.24. The molecule has 0 bridgehead atoms. The number of carbonyl (C=O) groups is 1. The molecular formula is C51H99NO4. The smallest absolute Gasteiger partial charge is 0.222 e. The third-order valence-corrected chi connectivity index (χ3v) is 11.7. The second kappa shape index (κ2) is 46.5. The van der Waals surface area contributed by atoms with Crippen molar-refractivity contribution in [2.45, 2.75) is 289 Å². The fourth-order valence-corrected chi connectivity index (χ4v) is 7.87. The van der Waals surface area contributed by atoms with Crippen LogP contribution in [-0.4, -0.2) is 46.1 Å². The van der Waals surface area contributed by atoms with Crippen LogP contribution < -0.4 is 5.32 Å². The maximum Gasteiger partial charge on any atom is 0.222 e. The first-order valence-electron chi connectivity index (χ1n) is 25.1. The van der Waals surface area contributed by atoms with Crippen molar-refractivity contribution in [1.82, 2.24) is 5.32 Å². The van der Waals surface area contributed by atoms with Gasteiger partial charge in [-0.25, -0.2) is 0 Å². The van der Waals surface area contributed by atoms with E-state index in [0.29, 0.717) is 6.42 Å². The lowest BCUT2D eigenvalue weighted by Gasteiger charge is -2.21. The number of aliphatic hydroxyl groups is 3. The van der Waals surface area contributed by atoms with E-state index in [2.05, 4.69) is 31.3 Å². The maximum atomic E-state index is 12.5. The summed E-state index contributed by atoms with van der Waals surface area (Å²) in [4.78, 5) is 12.5. The van der Waals surface area contributed by atoms with E-state index in [0.717, 1.165) is 25.7 Å². The van der Waals surface area contributed by atoms with Crippen molar-refractivity contribution in [2.75, 3.05) is 6.61 Å². The van der Waals surface area contributed by atoms with Gasteiger partial charge < -0.3 is 20.6 Å². The number of hydrogen-bond acceptors (Lipinski definition) is 4. The van der Waals surface area contributed by atoms with Crippen LogP contribution in [0.5, 0.6) is 0 Å². The molecule has 0 aliphatic heterocycles. The Morgan fingerprint density at radius 2 is 0.750 bits per heavy atom. The van der Waals surface area contributed by atoms with E-state index in [-0.39, 0.29) is 18.9 Å². The summed E-state index contributed by atoms with van der Waals surface area (Å²) in [6, 6.07) is -0.745. The number of carbonyl (C=O) groups excluding carboxylic acids is 1. The van der Waals surface area contributed by atoms with Crippen LogP contribution in [0.3, 0.4) is 0 Å². The average molecular weight is 790 g/mol. The van der Waals surface area contributed by atoms with Crippen LogP contribution in [0.15, 0.2) is 24.3 Å². The van der Waals surface area contributed by atoms with Crippen LogP contribution >= 0.6 is 0 Å². The summed E-state index contributed by atoms with van der Waals surface area (Å²) in [5.74, 6) is -0.316. The van der Waals surface area contributed by atoms with Gasteiger partial charge in [-0.3, -0.25) is 4.79 Å². The predicted octanol–water partition coefficient (Wildman–Crippen LogP) is 14.9. The standard InChI is InChI=1S/C51H99NO4/c1-3-5-7-9-11-13-15-17-19-21-23-24-25-27-28-30-32-34-36-38-40-42-44-48(54)46-51(56)52-49(47-53)50(55)45-43-41-39-37-35-33-31-29-26-22-20-18-16-14-12-10-8-6-4-2/h27-28,43,45,48-50,53-55H,3-26,29-42,44,46-47H2,1-2H3,(H,52,56)/b28-27-,45-43+. The van der Waals surface area contributed by atoms with Crippen molar-refractivity contribution < 1.29 is 20.1 Å². The Hall–Kier alpha value is -1.17. The molecule has 332 valence electrons. The zero-order chi connectivity index (χ0) is 40.8. The van der Waals surface area contributed by atoms with Gasteiger partial charge in [0.15, 0.2) is 0 Å². The molecule has 1 amide bonds. The minimum atomic E-state index is -0.929. The molecule has 0 rings (SSSR count). The highest BCUT2D eigenvalue weighted by molar-refractivity contribution is 5.76. The van der Waals surface area contributed by atoms with Crippen LogP contribution in [0.1, 0.15) is 271 Å². The normalized spacial score (nSPS) is 13.6. The highest BCUT2D eigenvalue weighted by Gasteiger charge is 2.20. The van der Waals surface area contributed by atoms with E-state index in [1.807, 2.05) is 6.08 Å². The first-order valence-corrected chi connectivity index (χ1v) is 25.1. The summed E-state index contributed by atoms with van der Waals surface area (Å²) in [5, 5.41) is 33.4. The molecule has 0 spiro atoms. The van der Waals surface area contributed by atoms with Gasteiger partial charge in [0.05, 0.1) is 31.3 Å². The van der Waals surface area contributed by atoms with E-state index in [1.54, 1.807) is 6.08 Å². The van der Waals surface area contributed by atoms with Crippen molar-refractivity contribution >= 4 is 5.91 Å². The number of nitrogens with one attached hydrogen (secondary N) is 1. The summed E-state index contributed by atoms with van der Waals surface area (Å²) < 4.78 is 0. The lowest BCUT2D eigenvalue weighted by Crippen LogP contribution is -2.45. The molecule has 0 aliphatic rings. The van der Waals surface area contributed by atoms with Gasteiger partial charge in [-0.15, -0.1) is 0 Å². The highest BCUT2D eigenvalue weighted by atomic mass is 16.3. The van der Waals surface area contributed by atoms with Gasteiger partial charge in [-0.1, -0.05) is 244 Å². The van der Waals surface area contributed by atoms with Crippen molar-refractivity contribution in [3.8, 4) is 0 Å². The van der Waals surface area contributed by atoms with E-state index < -0.39 is 18.2 Å². The molecule has 0 radical (unpaired) electrons. The summed E-state index contributed by atoms with van der Waals surface area (Å²) in [7, 11) is 0. The van der Waals surface area contributed by atoms with E-state index in [1.165, 1.54) is 218 Å². The lowest BCUT2D eigenvalue weighted by atomic mass is 10.0. The Morgan fingerprint density at radius 1 is 0.446 bits per heavy atom. The molecule has 3 unspecified atom stereocenters. The van der Waals surface area contributed by atoms with Crippen LogP contribution in [0.2, 0.25) is 0 Å². The van der Waals surface area contributed by atoms with Crippen LogP contribution in [-0.2, 0) is 4.79 Å². The number of hydrogen-bond donors (Lipinski definition) is 4. The number of amides is 1. The number of rotatable bonds is 46. The van der Waals surface area contributed by atoms with Crippen molar-refractivity contribution in [1.29, 1.82) is 0 Å². The topological polar surface area (TPSA) is 89.8 Å². The predicted molar refractivity (Wildman–Crippen MR) is 245 cm³/mol. The van der Waals surface area contributed by atoms with Crippen LogP contribution in [0.25, 0.3) is 0 Å². The summed E-state index contributed by atoms with van der Waals surface area (Å²) in [5.41, 5.74) is 0. The molecule has 4 N–H and O–H groups in total. The van der Waals surface area contributed by atoms with Gasteiger partial charge >= 0.3 is 0 Å². The zero-order valence-electron chi connectivity index (χ0n) is 37.8. The minimum Gasteiger partial charge on any atom is -0.394 e. The van der Waals surface area contributed by atoms with Gasteiger partial charge in [-0.05, 0) is 44.9 Å². The molecule has 56 heavy (non-hydrogen) atoms. The molecule has 0 aromatic rings. The van der Waals surface area contributed by atoms with E-state index >= 15 is 0 Å². The zero-order valence-corrected chi connectivity index (χ0v) is 37.8. The molecule has 0 saturated carbocycles. The first-order chi connectivity index (χ1) is 27.5. The monoisotopic (exact) mass is 790 g/mol. The minimum absolute atomic E-state index is 0.0117. The SMILES string of the molecule is CCCCCCCCCCCCCC/C=C\CCCCCCCCC(O)CC(=O)NC(CO)C(O)/C=C/CCCCCCCCCCCCCCCCCCC. The van der Waals surface area contributed by atoms with Gasteiger partial charge in [-0.2, -0.15) is 0 Å². The van der Waals surface area contributed by atoms with Gasteiger partial charge in [0, 0.05) is 0 Å². The molecule has 0 aliphatic carbocycles. The third-order valence-electron chi connectivity index (χ3n) is 11.7. The Morgan fingerprint density at radius 3 is 1.09 bits per heavy atom. The molecule has 0 saturated heterocycles. The molecule has 3 atom stereocenters. The second-order valence-corrected chi connectivity index (χ2v) is 17.4. The first kappa shape index (κ1) is 54.8. The lowest BCUT2D eigenvalue weighted by molar-refractivity contribution is -0.124. The van der Waals surface area contributed by atoms with Crippen molar-refractivity contribution in [3.63, 3.8) is 0 Å². The van der Waals surface area contributed by atoms with Gasteiger partial charge in [0.1, 0.15) is 0 Å². The molecule has 0 aromatic carbocycles. The van der Waals surface area contributed by atoms with Crippen molar-refractivity contribution in [3.05, 3.63) is 24.3 Å². The van der Waals surface area contributed by atoms with E-state index in [4.69, 9.17) is 0 Å².